The molecule has 1 aliphatic heterocycles. The molecule has 2 aliphatic rings. The van der Waals surface area contributed by atoms with Crippen molar-refractivity contribution >= 4 is 15.9 Å². The van der Waals surface area contributed by atoms with E-state index in [9.17, 15) is 26.4 Å². The average Bonchev–Trinajstić information content (AvgIpc) is 2.96. The van der Waals surface area contributed by atoms with Crippen LogP contribution in [0.2, 0.25) is 0 Å². The number of hydrogen-bond acceptors (Lipinski definition) is 4. The molecule has 0 unspecified atom stereocenters. The Bertz CT molecular complexity index is 780. The van der Waals surface area contributed by atoms with Gasteiger partial charge in [-0.25, -0.2) is 8.42 Å². The minimum absolute atomic E-state index is 0.0161. The van der Waals surface area contributed by atoms with E-state index in [1.54, 1.807) is 0 Å². The number of rotatable bonds is 4. The van der Waals surface area contributed by atoms with Crippen molar-refractivity contribution in [1.29, 1.82) is 0 Å². The highest BCUT2D eigenvalue weighted by Crippen LogP contribution is 2.39. The lowest BCUT2D eigenvalue weighted by Gasteiger charge is -2.24. The van der Waals surface area contributed by atoms with Gasteiger partial charge in [0.15, 0.2) is 0 Å². The number of carbonyl (C=O) groups is 1. The molecule has 1 heterocycles. The molecule has 2 fully saturated rings. The summed E-state index contributed by atoms with van der Waals surface area (Å²) in [7, 11) is -2.38. The molecule has 26 heavy (non-hydrogen) atoms. The predicted molar refractivity (Wildman–Crippen MR) is 85.7 cm³/mol. The fourth-order valence-corrected chi connectivity index (χ4v) is 5.09. The molecule has 1 saturated heterocycles. The molecule has 0 spiro atoms. The second-order valence-corrected chi connectivity index (χ2v) is 8.69. The third-order valence-electron chi connectivity index (χ3n) is 5.07. The second kappa shape index (κ2) is 6.73. The maximum atomic E-state index is 12.8. The predicted octanol–water partition coefficient (Wildman–Crippen LogP) is 2.12. The summed E-state index contributed by atoms with van der Waals surface area (Å²) in [6.45, 7) is 0.553. The number of nitrogens with zero attached hydrogens (tertiary/aromatic N) is 1. The Balaban J connectivity index is 1.72. The van der Waals surface area contributed by atoms with E-state index in [0.717, 1.165) is 24.3 Å². The Hall–Kier alpha value is -1.81. The second-order valence-electron chi connectivity index (χ2n) is 6.69. The summed E-state index contributed by atoms with van der Waals surface area (Å²) in [5.74, 6) is -0.0832. The fraction of sp³-hybridized carbons (Fsp3) is 0.562. The number of amides is 1. The molecular weight excluding hydrogens is 373 g/mol. The summed E-state index contributed by atoms with van der Waals surface area (Å²) in [6, 6.07) is 3.91. The highest BCUT2D eigenvalue weighted by atomic mass is 32.2. The Morgan fingerprint density at radius 2 is 1.77 bits per heavy atom. The van der Waals surface area contributed by atoms with Crippen LogP contribution in [0.1, 0.15) is 19.3 Å². The van der Waals surface area contributed by atoms with Crippen molar-refractivity contribution < 1.29 is 31.1 Å². The molecule has 1 aliphatic carbocycles. The summed E-state index contributed by atoms with van der Waals surface area (Å²) >= 11 is 0. The highest BCUT2D eigenvalue weighted by molar-refractivity contribution is 7.89. The van der Waals surface area contributed by atoms with Gasteiger partial charge in [-0.05, 0) is 48.9 Å². The average molecular weight is 392 g/mol. The minimum Gasteiger partial charge on any atom is -0.406 e. The number of ether oxygens (including phenoxy) is 1. The summed E-state index contributed by atoms with van der Waals surface area (Å²) < 4.78 is 67.2. The molecule has 3 atom stereocenters. The van der Waals surface area contributed by atoms with Crippen LogP contribution in [0.15, 0.2) is 29.2 Å². The molecule has 1 saturated carbocycles. The summed E-state index contributed by atoms with van der Waals surface area (Å²) in [6.07, 6.45) is -3.18. The standard InChI is InChI=1S/C16H19F3N2O4S/c1-21(12-6-10-8-15(22)20-9-11(10)7-12)26(23,24)14-4-2-13(3-5-14)25-16(17,18)19/h2-5,10-12H,6-9H2,1H3,(H,20,22)/t10-,11+,12-/m0/s1. The van der Waals surface area contributed by atoms with Gasteiger partial charge in [0.1, 0.15) is 5.75 Å². The molecular formula is C16H19F3N2O4S. The van der Waals surface area contributed by atoms with E-state index in [4.69, 9.17) is 0 Å². The third kappa shape index (κ3) is 3.96. The number of nitrogens with one attached hydrogen (secondary N) is 1. The number of hydrogen-bond donors (Lipinski definition) is 1. The lowest BCUT2D eigenvalue weighted by molar-refractivity contribution is -0.274. The van der Waals surface area contributed by atoms with E-state index in [1.807, 2.05) is 0 Å². The van der Waals surface area contributed by atoms with Crippen molar-refractivity contribution in [3.05, 3.63) is 24.3 Å². The molecule has 0 bridgehead atoms. The fourth-order valence-electron chi connectivity index (χ4n) is 3.71. The Kier molecular flexibility index (Phi) is 4.91. The van der Waals surface area contributed by atoms with Crippen LogP contribution in [0.25, 0.3) is 0 Å². The van der Waals surface area contributed by atoms with Crippen LogP contribution < -0.4 is 10.1 Å². The summed E-state index contributed by atoms with van der Waals surface area (Å²) in [4.78, 5) is 11.4. The lowest BCUT2D eigenvalue weighted by Crippen LogP contribution is -2.38. The largest absolute Gasteiger partial charge is 0.573 e. The van der Waals surface area contributed by atoms with Crippen LogP contribution in [0, 0.1) is 11.8 Å². The maximum Gasteiger partial charge on any atom is 0.573 e. The number of benzene rings is 1. The van der Waals surface area contributed by atoms with E-state index in [2.05, 4.69) is 10.1 Å². The molecule has 3 rings (SSSR count). The number of halogens is 3. The first-order valence-electron chi connectivity index (χ1n) is 8.17. The van der Waals surface area contributed by atoms with Gasteiger partial charge in [-0.15, -0.1) is 13.2 Å². The quantitative estimate of drug-likeness (QED) is 0.852. The van der Waals surface area contributed by atoms with Gasteiger partial charge in [0.2, 0.25) is 15.9 Å². The van der Waals surface area contributed by atoms with E-state index >= 15 is 0 Å². The molecule has 1 aromatic rings. The van der Waals surface area contributed by atoms with Gasteiger partial charge in [0.25, 0.3) is 0 Å². The van der Waals surface area contributed by atoms with Crippen LogP contribution in [0.3, 0.4) is 0 Å². The Morgan fingerprint density at radius 3 is 2.38 bits per heavy atom. The Morgan fingerprint density at radius 1 is 1.15 bits per heavy atom. The first kappa shape index (κ1) is 19.0. The Labute approximate surface area is 149 Å². The van der Waals surface area contributed by atoms with E-state index in [-0.39, 0.29) is 28.7 Å². The lowest BCUT2D eigenvalue weighted by atomic mass is 9.89. The molecule has 0 radical (unpaired) electrons. The van der Waals surface area contributed by atoms with Crippen LogP contribution in [-0.4, -0.2) is 44.6 Å². The molecule has 1 N–H and O–H groups in total. The molecule has 144 valence electrons. The van der Waals surface area contributed by atoms with Crippen molar-refractivity contribution in [3.8, 4) is 5.75 Å². The SMILES string of the molecule is CN([C@H]1C[C@H]2CC(=O)NC[C@H]2C1)S(=O)(=O)c1ccc(OC(F)(F)F)cc1. The zero-order valence-corrected chi connectivity index (χ0v) is 14.8. The zero-order valence-electron chi connectivity index (χ0n) is 14.0. The van der Waals surface area contributed by atoms with Gasteiger partial charge in [-0.3, -0.25) is 4.79 Å². The number of piperidine rings is 1. The van der Waals surface area contributed by atoms with Crippen LogP contribution >= 0.6 is 0 Å². The van der Waals surface area contributed by atoms with Crippen molar-refractivity contribution in [2.24, 2.45) is 11.8 Å². The van der Waals surface area contributed by atoms with Crippen molar-refractivity contribution in [2.45, 2.75) is 36.6 Å². The molecule has 6 nitrogen and oxygen atoms in total. The van der Waals surface area contributed by atoms with E-state index in [0.29, 0.717) is 25.8 Å². The van der Waals surface area contributed by atoms with E-state index in [1.165, 1.54) is 11.4 Å². The maximum absolute atomic E-state index is 12.8. The van der Waals surface area contributed by atoms with Gasteiger partial charge >= 0.3 is 6.36 Å². The minimum atomic E-state index is -4.83. The van der Waals surface area contributed by atoms with Gasteiger partial charge in [0, 0.05) is 26.1 Å². The first-order chi connectivity index (χ1) is 12.1. The first-order valence-corrected chi connectivity index (χ1v) is 9.61. The molecule has 0 aromatic heterocycles. The van der Waals surface area contributed by atoms with Crippen LogP contribution in [-0.2, 0) is 14.8 Å². The van der Waals surface area contributed by atoms with Gasteiger partial charge < -0.3 is 10.1 Å². The number of fused-ring (bicyclic) bond motifs is 1. The van der Waals surface area contributed by atoms with Crippen LogP contribution in [0.5, 0.6) is 5.75 Å². The normalized spacial score (nSPS) is 26.5. The highest BCUT2D eigenvalue weighted by Gasteiger charge is 2.42. The molecule has 1 aromatic carbocycles. The summed E-state index contributed by atoms with van der Waals surface area (Å²) in [5, 5.41) is 2.80. The summed E-state index contributed by atoms with van der Waals surface area (Å²) in [5.41, 5.74) is 0. The van der Waals surface area contributed by atoms with Gasteiger partial charge in [-0.1, -0.05) is 0 Å². The van der Waals surface area contributed by atoms with E-state index < -0.39 is 22.1 Å². The van der Waals surface area contributed by atoms with Gasteiger partial charge in [0.05, 0.1) is 4.90 Å². The molecule has 1 amide bonds. The van der Waals surface area contributed by atoms with Crippen molar-refractivity contribution in [1.82, 2.24) is 9.62 Å². The number of alkyl halides is 3. The monoisotopic (exact) mass is 392 g/mol. The zero-order chi connectivity index (χ0) is 19.1. The van der Waals surface area contributed by atoms with Crippen molar-refractivity contribution in [2.75, 3.05) is 13.6 Å². The van der Waals surface area contributed by atoms with Crippen LogP contribution in [0.4, 0.5) is 13.2 Å². The van der Waals surface area contributed by atoms with Gasteiger partial charge in [-0.2, -0.15) is 4.31 Å². The third-order valence-corrected chi connectivity index (χ3v) is 7.00. The number of sulfonamides is 1. The topological polar surface area (TPSA) is 75.7 Å². The molecule has 10 heteroatoms. The van der Waals surface area contributed by atoms with Crippen molar-refractivity contribution in [3.63, 3.8) is 0 Å². The number of carbonyl (C=O) groups excluding carboxylic acids is 1. The smallest absolute Gasteiger partial charge is 0.406 e.